The number of nitrogens with two attached hydrogens (primary N) is 1. The van der Waals surface area contributed by atoms with Crippen LogP contribution < -0.4 is 11.2 Å². The molecule has 8 nitrogen and oxygen atoms in total. The van der Waals surface area contributed by atoms with E-state index in [1.807, 2.05) is 67.3 Å². The number of fused-ring (bicyclic) bond motifs is 1. The summed E-state index contributed by atoms with van der Waals surface area (Å²) in [6, 6.07) is 23.3. The molecule has 3 aromatic rings. The van der Waals surface area contributed by atoms with Gasteiger partial charge in [0.1, 0.15) is 6.04 Å². The average Bonchev–Trinajstić information content (AvgIpc) is 2.98. The van der Waals surface area contributed by atoms with Crippen LogP contribution in [0.2, 0.25) is 0 Å². The number of hydrazine groups is 1. The Kier molecular flexibility index (Phi) is 10.0. The van der Waals surface area contributed by atoms with Gasteiger partial charge in [-0.2, -0.15) is 0 Å². The second kappa shape index (κ2) is 13.5. The van der Waals surface area contributed by atoms with E-state index in [9.17, 15) is 14.4 Å². The zero-order chi connectivity index (χ0) is 31.2. The summed E-state index contributed by atoms with van der Waals surface area (Å²) in [5.74, 6) is -0.445. The van der Waals surface area contributed by atoms with E-state index in [-0.39, 0.29) is 17.7 Å². The SMILES string of the molecule is CN(C)NC(=O)C1(c2ccccc2)CCN(C(=O)[C@@H](Cc2ccc3ccccc3c2)N(C)C(=O)/C=C/CC(C)(C)N)CC1. The van der Waals surface area contributed by atoms with Gasteiger partial charge in [0.2, 0.25) is 17.7 Å². The first-order valence-corrected chi connectivity index (χ1v) is 14.9. The summed E-state index contributed by atoms with van der Waals surface area (Å²) >= 11 is 0. The molecule has 0 saturated carbocycles. The summed E-state index contributed by atoms with van der Waals surface area (Å²) in [6.07, 6.45) is 5.16. The van der Waals surface area contributed by atoms with Gasteiger partial charge < -0.3 is 15.5 Å². The lowest BCUT2D eigenvalue weighted by Gasteiger charge is -2.43. The Labute approximate surface area is 255 Å². The normalized spacial score (nSPS) is 15.9. The van der Waals surface area contributed by atoms with Crippen LogP contribution in [0.3, 0.4) is 0 Å². The van der Waals surface area contributed by atoms with Gasteiger partial charge >= 0.3 is 0 Å². The topological polar surface area (TPSA) is 99.0 Å². The van der Waals surface area contributed by atoms with Crippen LogP contribution in [0.1, 0.15) is 44.2 Å². The average molecular weight is 584 g/mol. The van der Waals surface area contributed by atoms with Gasteiger partial charge in [-0.25, -0.2) is 5.01 Å². The predicted octanol–water partition coefficient (Wildman–Crippen LogP) is 4.05. The standard InChI is InChI=1S/C35H45N5O3/c1-34(2,36)19-11-16-31(41)39(5)30(25-26-17-18-27-12-9-10-13-28(27)24-26)32(42)40-22-20-35(21-23-40,33(43)37-38(3)4)29-14-7-6-8-15-29/h6-18,24,30H,19-23,25,36H2,1-5H3,(H,37,43)/b16-11+/t30-/m1/s1. The molecule has 1 aliphatic heterocycles. The van der Waals surface area contributed by atoms with Crippen molar-refractivity contribution in [2.45, 2.75) is 56.5 Å². The van der Waals surface area contributed by atoms with Crippen LogP contribution in [0.4, 0.5) is 0 Å². The summed E-state index contributed by atoms with van der Waals surface area (Å²) in [5, 5.41) is 3.86. The quantitative estimate of drug-likeness (QED) is 0.277. The van der Waals surface area contributed by atoms with Gasteiger partial charge in [0, 0.05) is 46.2 Å². The number of benzene rings is 3. The van der Waals surface area contributed by atoms with Gasteiger partial charge in [0.25, 0.3) is 0 Å². The number of hydrogen-bond donors (Lipinski definition) is 2. The maximum atomic E-state index is 14.2. The van der Waals surface area contributed by atoms with Crippen LogP contribution in [0, 0.1) is 0 Å². The summed E-state index contributed by atoms with van der Waals surface area (Å²) in [6.45, 7) is 4.62. The number of rotatable bonds is 10. The molecule has 4 rings (SSSR count). The fourth-order valence-corrected chi connectivity index (χ4v) is 5.75. The van der Waals surface area contributed by atoms with E-state index < -0.39 is 17.0 Å². The molecule has 0 radical (unpaired) electrons. The Bertz CT molecular complexity index is 1450. The molecular weight excluding hydrogens is 538 g/mol. The fourth-order valence-electron chi connectivity index (χ4n) is 5.75. The number of piperidine rings is 1. The second-order valence-electron chi connectivity index (χ2n) is 12.6. The van der Waals surface area contributed by atoms with Crippen molar-refractivity contribution in [2.24, 2.45) is 5.73 Å². The molecule has 1 atom stereocenters. The molecule has 1 aliphatic rings. The molecule has 0 unspecified atom stereocenters. The van der Waals surface area contributed by atoms with E-state index >= 15 is 0 Å². The maximum Gasteiger partial charge on any atom is 0.246 e. The van der Waals surface area contributed by atoms with E-state index in [4.69, 9.17) is 5.73 Å². The molecule has 3 N–H and O–H groups in total. The van der Waals surface area contributed by atoms with Gasteiger partial charge in [-0.1, -0.05) is 78.9 Å². The van der Waals surface area contributed by atoms with E-state index in [2.05, 4.69) is 29.7 Å². The van der Waals surface area contributed by atoms with Crippen molar-refractivity contribution in [3.05, 3.63) is 96.1 Å². The molecule has 1 fully saturated rings. The predicted molar refractivity (Wildman–Crippen MR) is 172 cm³/mol. The first-order chi connectivity index (χ1) is 20.4. The molecule has 3 aromatic carbocycles. The molecule has 1 saturated heterocycles. The van der Waals surface area contributed by atoms with Gasteiger partial charge in [-0.05, 0) is 61.1 Å². The van der Waals surface area contributed by atoms with Crippen LogP contribution in [-0.4, -0.2) is 78.3 Å². The fraction of sp³-hybridized carbons (Fsp3) is 0.400. The molecule has 43 heavy (non-hydrogen) atoms. The third-order valence-electron chi connectivity index (χ3n) is 8.26. The number of carbonyl (C=O) groups is 3. The summed E-state index contributed by atoms with van der Waals surface area (Å²) < 4.78 is 0. The minimum Gasteiger partial charge on any atom is -0.341 e. The highest BCUT2D eigenvalue weighted by atomic mass is 16.2. The minimum atomic E-state index is -0.754. The van der Waals surface area contributed by atoms with Crippen LogP contribution in [-0.2, 0) is 26.2 Å². The van der Waals surface area contributed by atoms with Gasteiger partial charge in [0.05, 0.1) is 5.41 Å². The Balaban J connectivity index is 1.59. The number of hydrogen-bond acceptors (Lipinski definition) is 5. The van der Waals surface area contributed by atoms with Crippen molar-refractivity contribution >= 4 is 28.5 Å². The van der Waals surface area contributed by atoms with Crippen molar-refractivity contribution < 1.29 is 14.4 Å². The van der Waals surface area contributed by atoms with E-state index in [1.165, 1.54) is 11.0 Å². The maximum absolute atomic E-state index is 14.2. The smallest absolute Gasteiger partial charge is 0.246 e. The third-order valence-corrected chi connectivity index (χ3v) is 8.26. The summed E-state index contributed by atoms with van der Waals surface area (Å²) in [5.41, 5.74) is 9.77. The van der Waals surface area contributed by atoms with E-state index in [0.29, 0.717) is 38.8 Å². The first-order valence-electron chi connectivity index (χ1n) is 14.9. The van der Waals surface area contributed by atoms with Crippen LogP contribution >= 0.6 is 0 Å². The lowest BCUT2D eigenvalue weighted by atomic mass is 9.72. The van der Waals surface area contributed by atoms with Crippen molar-refractivity contribution in [3.63, 3.8) is 0 Å². The van der Waals surface area contributed by atoms with E-state index in [0.717, 1.165) is 21.9 Å². The summed E-state index contributed by atoms with van der Waals surface area (Å²) in [4.78, 5) is 44.4. The number of nitrogens with zero attached hydrogens (tertiary/aromatic N) is 3. The second-order valence-corrected chi connectivity index (χ2v) is 12.6. The number of carbonyl (C=O) groups excluding carboxylic acids is 3. The zero-order valence-corrected chi connectivity index (χ0v) is 26.0. The first kappa shape index (κ1) is 31.9. The Morgan fingerprint density at radius 3 is 2.21 bits per heavy atom. The largest absolute Gasteiger partial charge is 0.341 e. The van der Waals surface area contributed by atoms with Crippen LogP contribution in [0.25, 0.3) is 10.8 Å². The Hall–Kier alpha value is -4.01. The lowest BCUT2D eigenvalue weighted by molar-refractivity contribution is -0.145. The highest BCUT2D eigenvalue weighted by molar-refractivity contribution is 5.94. The number of nitrogens with one attached hydrogen (secondary N) is 1. The molecule has 0 aromatic heterocycles. The molecular formula is C35H45N5O3. The molecule has 1 heterocycles. The van der Waals surface area contributed by atoms with Gasteiger partial charge in [-0.3, -0.25) is 19.8 Å². The molecule has 8 heteroatoms. The Morgan fingerprint density at radius 2 is 1.58 bits per heavy atom. The molecule has 0 bridgehead atoms. The third kappa shape index (κ3) is 7.89. The minimum absolute atomic E-state index is 0.0798. The van der Waals surface area contributed by atoms with Gasteiger partial charge in [-0.15, -0.1) is 0 Å². The monoisotopic (exact) mass is 583 g/mol. The lowest BCUT2D eigenvalue weighted by Crippen LogP contribution is -2.57. The highest BCUT2D eigenvalue weighted by Gasteiger charge is 2.45. The van der Waals surface area contributed by atoms with E-state index in [1.54, 1.807) is 32.2 Å². The van der Waals surface area contributed by atoms with Crippen molar-refractivity contribution in [1.82, 2.24) is 20.2 Å². The number of likely N-dealkylation sites (tertiary alicyclic amines) is 1. The van der Waals surface area contributed by atoms with Crippen molar-refractivity contribution in [2.75, 3.05) is 34.2 Å². The highest BCUT2D eigenvalue weighted by Crippen LogP contribution is 2.36. The van der Waals surface area contributed by atoms with Gasteiger partial charge in [0.15, 0.2) is 0 Å². The van der Waals surface area contributed by atoms with Crippen molar-refractivity contribution in [1.29, 1.82) is 0 Å². The number of likely N-dealkylation sites (N-methyl/N-ethyl adjacent to an activating group) is 1. The molecule has 0 aliphatic carbocycles. The molecule has 0 spiro atoms. The van der Waals surface area contributed by atoms with Crippen LogP contribution in [0.15, 0.2) is 84.9 Å². The van der Waals surface area contributed by atoms with Crippen LogP contribution in [0.5, 0.6) is 0 Å². The molecule has 228 valence electrons. The zero-order valence-electron chi connectivity index (χ0n) is 26.0. The van der Waals surface area contributed by atoms with Crippen molar-refractivity contribution in [3.8, 4) is 0 Å². The number of amides is 3. The molecule has 3 amide bonds. The summed E-state index contributed by atoms with van der Waals surface area (Å²) in [7, 11) is 5.28. The Morgan fingerprint density at radius 1 is 0.953 bits per heavy atom.